The maximum Gasteiger partial charge on any atom is 0.270 e. The zero-order valence-corrected chi connectivity index (χ0v) is 11.7. The summed E-state index contributed by atoms with van der Waals surface area (Å²) in [6, 6.07) is 4.41. The number of carbonyl (C=O) groups is 1. The molecule has 1 aromatic carbocycles. The van der Waals surface area contributed by atoms with Crippen LogP contribution in [0.4, 0.5) is 11.4 Å². The number of amides is 1. The molecule has 1 amide bonds. The number of nitro groups is 1. The minimum atomic E-state index is -0.489. The molecular weight excluding hydrogens is 302 g/mol. The Bertz CT molecular complexity index is 463. The van der Waals surface area contributed by atoms with Gasteiger partial charge in [0.25, 0.3) is 5.69 Å². The van der Waals surface area contributed by atoms with E-state index in [-0.39, 0.29) is 24.2 Å². The molecule has 6 nitrogen and oxygen atoms in total. The molecular formula is C11H14BrN3O3. The zero-order valence-electron chi connectivity index (χ0n) is 10.1. The third-order valence-electron chi connectivity index (χ3n) is 2.11. The van der Waals surface area contributed by atoms with Gasteiger partial charge in [-0.25, -0.2) is 0 Å². The molecule has 0 saturated heterocycles. The molecule has 0 spiro atoms. The van der Waals surface area contributed by atoms with Crippen LogP contribution >= 0.6 is 15.9 Å². The van der Waals surface area contributed by atoms with E-state index in [4.69, 9.17) is 0 Å². The molecule has 0 aliphatic heterocycles. The second-order valence-electron chi connectivity index (χ2n) is 4.01. The highest BCUT2D eigenvalue weighted by Crippen LogP contribution is 2.26. The Morgan fingerprint density at radius 1 is 1.50 bits per heavy atom. The Morgan fingerprint density at radius 3 is 2.67 bits per heavy atom. The van der Waals surface area contributed by atoms with Gasteiger partial charge in [0.05, 0.1) is 17.2 Å². The number of halogens is 1. The van der Waals surface area contributed by atoms with E-state index in [9.17, 15) is 14.9 Å². The molecule has 0 saturated carbocycles. The summed E-state index contributed by atoms with van der Waals surface area (Å²) >= 11 is 3.18. The number of hydrogen-bond donors (Lipinski definition) is 2. The van der Waals surface area contributed by atoms with Gasteiger partial charge in [-0.15, -0.1) is 0 Å². The van der Waals surface area contributed by atoms with Crippen LogP contribution in [0.25, 0.3) is 0 Å². The Kier molecular flexibility index (Phi) is 5.24. The number of hydrogen-bond acceptors (Lipinski definition) is 4. The zero-order chi connectivity index (χ0) is 13.7. The fraction of sp³-hybridized carbons (Fsp3) is 0.364. The highest BCUT2D eigenvalue weighted by atomic mass is 79.9. The number of rotatable bonds is 5. The number of non-ortho nitro benzene ring substituents is 1. The average molecular weight is 316 g/mol. The number of benzene rings is 1. The van der Waals surface area contributed by atoms with E-state index >= 15 is 0 Å². The van der Waals surface area contributed by atoms with Crippen molar-refractivity contribution in [2.24, 2.45) is 0 Å². The molecule has 0 radical (unpaired) electrons. The number of anilines is 1. The van der Waals surface area contributed by atoms with Gasteiger partial charge in [0, 0.05) is 22.6 Å². The fourth-order valence-corrected chi connectivity index (χ4v) is 1.68. The van der Waals surface area contributed by atoms with E-state index in [1.807, 2.05) is 13.8 Å². The minimum Gasteiger partial charge on any atom is -0.324 e. The molecule has 0 bridgehead atoms. The largest absolute Gasteiger partial charge is 0.324 e. The van der Waals surface area contributed by atoms with Crippen molar-refractivity contribution in [3.63, 3.8) is 0 Å². The van der Waals surface area contributed by atoms with Crippen LogP contribution in [0, 0.1) is 10.1 Å². The van der Waals surface area contributed by atoms with Crippen LogP contribution < -0.4 is 10.6 Å². The van der Waals surface area contributed by atoms with Crippen molar-refractivity contribution in [3.05, 3.63) is 32.8 Å². The van der Waals surface area contributed by atoms with Gasteiger partial charge >= 0.3 is 0 Å². The molecule has 7 heteroatoms. The van der Waals surface area contributed by atoms with Crippen LogP contribution in [0.5, 0.6) is 0 Å². The monoisotopic (exact) mass is 315 g/mol. The van der Waals surface area contributed by atoms with Crippen molar-refractivity contribution in [2.45, 2.75) is 19.9 Å². The molecule has 1 aromatic rings. The van der Waals surface area contributed by atoms with E-state index in [2.05, 4.69) is 26.6 Å². The lowest BCUT2D eigenvalue weighted by Crippen LogP contribution is -2.32. The summed E-state index contributed by atoms with van der Waals surface area (Å²) in [5.41, 5.74) is 0.483. The SMILES string of the molecule is CC(C)NCC(=O)Nc1ccc([N+](=O)[O-])cc1Br. The Morgan fingerprint density at radius 2 is 2.17 bits per heavy atom. The smallest absolute Gasteiger partial charge is 0.270 e. The molecule has 0 aromatic heterocycles. The predicted octanol–water partition coefficient (Wildman–Crippen LogP) is 2.29. The topological polar surface area (TPSA) is 84.3 Å². The van der Waals surface area contributed by atoms with E-state index < -0.39 is 4.92 Å². The summed E-state index contributed by atoms with van der Waals surface area (Å²) in [7, 11) is 0. The first-order chi connectivity index (χ1) is 8.40. The van der Waals surface area contributed by atoms with Gasteiger partial charge in [0.15, 0.2) is 0 Å². The summed E-state index contributed by atoms with van der Waals surface area (Å²) in [4.78, 5) is 21.6. The number of nitrogens with zero attached hydrogens (tertiary/aromatic N) is 1. The molecule has 0 aliphatic rings. The maximum atomic E-state index is 11.6. The summed E-state index contributed by atoms with van der Waals surface area (Å²) in [5.74, 6) is -0.196. The molecule has 98 valence electrons. The third-order valence-corrected chi connectivity index (χ3v) is 2.76. The summed E-state index contributed by atoms with van der Waals surface area (Å²) < 4.78 is 0.481. The summed E-state index contributed by atoms with van der Waals surface area (Å²) in [5, 5.41) is 16.2. The lowest BCUT2D eigenvalue weighted by atomic mass is 10.3. The van der Waals surface area contributed by atoms with Crippen molar-refractivity contribution < 1.29 is 9.72 Å². The summed E-state index contributed by atoms with van der Waals surface area (Å²) in [6.07, 6.45) is 0. The van der Waals surface area contributed by atoms with Crippen molar-refractivity contribution >= 4 is 33.2 Å². The molecule has 0 aliphatic carbocycles. The summed E-state index contributed by atoms with van der Waals surface area (Å²) in [6.45, 7) is 4.07. The third kappa shape index (κ3) is 4.42. The van der Waals surface area contributed by atoms with Gasteiger partial charge in [-0.1, -0.05) is 13.8 Å². The van der Waals surface area contributed by atoms with Crippen LogP contribution in [-0.4, -0.2) is 23.4 Å². The number of nitrogens with one attached hydrogen (secondary N) is 2. The normalized spacial score (nSPS) is 10.4. The van der Waals surface area contributed by atoms with E-state index in [0.29, 0.717) is 10.2 Å². The lowest BCUT2D eigenvalue weighted by Gasteiger charge is -2.10. The standard InChI is InChI=1S/C11H14BrN3O3/c1-7(2)13-6-11(16)14-10-4-3-8(15(17)18)5-9(10)12/h3-5,7,13H,6H2,1-2H3,(H,14,16). The molecule has 0 fully saturated rings. The van der Waals surface area contributed by atoms with Gasteiger partial charge in [-0.3, -0.25) is 14.9 Å². The quantitative estimate of drug-likeness (QED) is 0.645. The molecule has 18 heavy (non-hydrogen) atoms. The minimum absolute atomic E-state index is 0.0276. The lowest BCUT2D eigenvalue weighted by molar-refractivity contribution is -0.384. The Balaban J connectivity index is 2.68. The highest BCUT2D eigenvalue weighted by molar-refractivity contribution is 9.10. The first-order valence-corrected chi connectivity index (χ1v) is 6.16. The molecule has 2 N–H and O–H groups in total. The van der Waals surface area contributed by atoms with E-state index in [1.54, 1.807) is 0 Å². The molecule has 0 heterocycles. The maximum absolute atomic E-state index is 11.6. The fourth-order valence-electron chi connectivity index (χ4n) is 1.21. The van der Waals surface area contributed by atoms with Crippen LogP contribution in [0.2, 0.25) is 0 Å². The van der Waals surface area contributed by atoms with Gasteiger partial charge in [0.2, 0.25) is 5.91 Å². The van der Waals surface area contributed by atoms with Crippen LogP contribution in [0.3, 0.4) is 0 Å². The van der Waals surface area contributed by atoms with E-state index in [0.717, 1.165) is 0 Å². The Labute approximate surface area is 113 Å². The van der Waals surface area contributed by atoms with Crippen LogP contribution in [0.15, 0.2) is 22.7 Å². The van der Waals surface area contributed by atoms with Gasteiger partial charge < -0.3 is 10.6 Å². The van der Waals surface area contributed by atoms with Crippen molar-refractivity contribution in [1.82, 2.24) is 5.32 Å². The Hall–Kier alpha value is -1.47. The van der Waals surface area contributed by atoms with Crippen LogP contribution in [0.1, 0.15) is 13.8 Å². The van der Waals surface area contributed by atoms with Gasteiger partial charge in [0.1, 0.15) is 0 Å². The second kappa shape index (κ2) is 6.46. The molecule has 1 rings (SSSR count). The van der Waals surface area contributed by atoms with Crippen molar-refractivity contribution in [3.8, 4) is 0 Å². The van der Waals surface area contributed by atoms with Crippen molar-refractivity contribution in [1.29, 1.82) is 0 Å². The van der Waals surface area contributed by atoms with Gasteiger partial charge in [-0.2, -0.15) is 0 Å². The first kappa shape index (κ1) is 14.6. The first-order valence-electron chi connectivity index (χ1n) is 5.37. The van der Waals surface area contributed by atoms with Gasteiger partial charge in [-0.05, 0) is 22.0 Å². The predicted molar refractivity (Wildman–Crippen MR) is 72.6 cm³/mol. The van der Waals surface area contributed by atoms with Crippen molar-refractivity contribution in [2.75, 3.05) is 11.9 Å². The number of carbonyl (C=O) groups excluding carboxylic acids is 1. The second-order valence-corrected chi connectivity index (χ2v) is 4.86. The molecule has 0 unspecified atom stereocenters. The highest BCUT2D eigenvalue weighted by Gasteiger charge is 2.11. The average Bonchev–Trinajstić information content (AvgIpc) is 2.29. The number of nitro benzene ring substituents is 1. The van der Waals surface area contributed by atoms with E-state index in [1.165, 1.54) is 18.2 Å². The molecule has 0 atom stereocenters. The van der Waals surface area contributed by atoms with Crippen LogP contribution in [-0.2, 0) is 4.79 Å².